The van der Waals surface area contributed by atoms with E-state index in [9.17, 15) is 19.8 Å². The first-order chi connectivity index (χ1) is 26.5. The predicted octanol–water partition coefficient (Wildman–Crippen LogP) is 13.1. The van der Waals surface area contributed by atoms with Gasteiger partial charge in [-0.2, -0.15) is 0 Å². The van der Waals surface area contributed by atoms with Crippen LogP contribution in [-0.4, -0.2) is 46.9 Å². The highest BCUT2D eigenvalue weighted by atomic mass is 16.5. The van der Waals surface area contributed by atoms with Crippen LogP contribution in [0.3, 0.4) is 0 Å². The molecule has 0 rings (SSSR count). The third kappa shape index (κ3) is 36.8. The van der Waals surface area contributed by atoms with Crippen LogP contribution in [0.1, 0.15) is 220 Å². The maximum absolute atomic E-state index is 13.1. The van der Waals surface area contributed by atoms with Gasteiger partial charge in [-0.3, -0.25) is 9.59 Å². The number of carbonyl (C=O) groups is 2. The number of aliphatic hydroxyl groups excluding tert-OH is 2. The Balaban J connectivity index is 4.63. The van der Waals surface area contributed by atoms with E-state index in [1.54, 1.807) is 0 Å². The van der Waals surface area contributed by atoms with Crippen LogP contribution in [0, 0.1) is 0 Å². The molecule has 314 valence electrons. The molecule has 0 aromatic rings. The fourth-order valence-electron chi connectivity index (χ4n) is 6.80. The Labute approximate surface area is 334 Å². The Bertz CT molecular complexity index is 941. The molecule has 0 aromatic carbocycles. The molecule has 0 spiro atoms. The van der Waals surface area contributed by atoms with Gasteiger partial charge in [-0.1, -0.05) is 217 Å². The molecule has 0 heterocycles. The van der Waals surface area contributed by atoms with E-state index in [2.05, 4.69) is 38.2 Å². The molecule has 3 unspecified atom stereocenters. The molecule has 0 radical (unpaired) electrons. The van der Waals surface area contributed by atoms with Gasteiger partial charge in [0.25, 0.3) is 0 Å². The Morgan fingerprint density at radius 1 is 0.556 bits per heavy atom. The second-order valence-electron chi connectivity index (χ2n) is 15.5. The van der Waals surface area contributed by atoms with Crippen molar-refractivity contribution < 1.29 is 24.5 Å². The maximum atomic E-state index is 13.1. The molecule has 0 fully saturated rings. The smallest absolute Gasteiger partial charge is 0.306 e. The predicted molar refractivity (Wildman–Crippen MR) is 232 cm³/mol. The molecular weight excluding hydrogens is 671 g/mol. The zero-order valence-electron chi connectivity index (χ0n) is 35.6. The summed E-state index contributed by atoms with van der Waals surface area (Å²) in [4.78, 5) is 25.9. The van der Waals surface area contributed by atoms with Gasteiger partial charge < -0.3 is 20.3 Å². The lowest BCUT2D eigenvalue weighted by molar-refractivity contribution is -0.151. The molecular formula is C48H87NO5. The summed E-state index contributed by atoms with van der Waals surface area (Å²) in [6.45, 7) is 6.30. The first-order valence-corrected chi connectivity index (χ1v) is 22.9. The molecule has 3 atom stereocenters. The van der Waals surface area contributed by atoms with Crippen LogP contribution >= 0.6 is 0 Å². The summed E-state index contributed by atoms with van der Waals surface area (Å²) in [5.74, 6) is -0.541. The van der Waals surface area contributed by atoms with E-state index in [1.807, 2.05) is 36.5 Å². The SMILES string of the molecule is CC/C=C/C=C/C=C\C=C/CCCC(CC(=O)NC(CO)C(O)CCCCCCCCCCCCCCC)OC(=O)CCCCCCCCCCCCC. The minimum Gasteiger partial charge on any atom is -0.462 e. The van der Waals surface area contributed by atoms with Crippen LogP contribution in [0.4, 0.5) is 0 Å². The molecule has 1 amide bonds. The Kier molecular flexibility index (Phi) is 40.3. The quantitative estimate of drug-likeness (QED) is 0.0329. The third-order valence-corrected chi connectivity index (χ3v) is 10.3. The van der Waals surface area contributed by atoms with Gasteiger partial charge in [0.2, 0.25) is 5.91 Å². The molecule has 6 nitrogen and oxygen atoms in total. The molecule has 54 heavy (non-hydrogen) atoms. The number of carbonyl (C=O) groups excluding carboxylic acids is 2. The average molecular weight is 758 g/mol. The Morgan fingerprint density at radius 2 is 1.00 bits per heavy atom. The fraction of sp³-hybridized carbons (Fsp3) is 0.792. The number of nitrogens with one attached hydrogen (secondary N) is 1. The molecule has 0 aliphatic rings. The van der Waals surface area contributed by atoms with Crippen molar-refractivity contribution in [1.82, 2.24) is 5.32 Å². The van der Waals surface area contributed by atoms with E-state index in [0.29, 0.717) is 19.3 Å². The Hall–Kier alpha value is -2.18. The first kappa shape index (κ1) is 51.8. The lowest BCUT2D eigenvalue weighted by Crippen LogP contribution is -2.46. The van der Waals surface area contributed by atoms with Gasteiger partial charge in [0, 0.05) is 6.42 Å². The minimum absolute atomic E-state index is 0.0334. The average Bonchev–Trinajstić information content (AvgIpc) is 3.16. The van der Waals surface area contributed by atoms with E-state index in [-0.39, 0.29) is 24.9 Å². The monoisotopic (exact) mass is 758 g/mol. The van der Waals surface area contributed by atoms with Gasteiger partial charge in [0.1, 0.15) is 6.10 Å². The lowest BCUT2D eigenvalue weighted by Gasteiger charge is -2.24. The zero-order valence-corrected chi connectivity index (χ0v) is 35.6. The largest absolute Gasteiger partial charge is 0.462 e. The topological polar surface area (TPSA) is 95.9 Å². The summed E-state index contributed by atoms with van der Waals surface area (Å²) in [7, 11) is 0. The number of hydrogen-bond acceptors (Lipinski definition) is 5. The molecule has 0 saturated carbocycles. The van der Waals surface area contributed by atoms with Gasteiger partial charge >= 0.3 is 5.97 Å². The van der Waals surface area contributed by atoms with Crippen LogP contribution in [0.15, 0.2) is 48.6 Å². The van der Waals surface area contributed by atoms with Crippen molar-refractivity contribution in [2.45, 2.75) is 238 Å². The number of aliphatic hydroxyl groups is 2. The van der Waals surface area contributed by atoms with Crippen LogP contribution in [-0.2, 0) is 14.3 Å². The molecule has 0 aliphatic carbocycles. The van der Waals surface area contributed by atoms with Crippen molar-refractivity contribution in [3.63, 3.8) is 0 Å². The van der Waals surface area contributed by atoms with Crippen LogP contribution in [0.5, 0.6) is 0 Å². The first-order valence-electron chi connectivity index (χ1n) is 22.9. The van der Waals surface area contributed by atoms with Crippen molar-refractivity contribution in [2.75, 3.05) is 6.61 Å². The van der Waals surface area contributed by atoms with Crippen molar-refractivity contribution in [2.24, 2.45) is 0 Å². The van der Waals surface area contributed by atoms with E-state index < -0.39 is 18.2 Å². The third-order valence-electron chi connectivity index (χ3n) is 10.3. The molecule has 3 N–H and O–H groups in total. The summed E-state index contributed by atoms with van der Waals surface area (Å²) in [5, 5.41) is 23.6. The van der Waals surface area contributed by atoms with Crippen LogP contribution < -0.4 is 5.32 Å². The number of esters is 1. The standard InChI is InChI=1S/C48H87NO5/c1-4-7-10-13-16-19-22-23-26-28-31-34-37-40-46(51)45(43-50)49-47(52)42-44(39-36-33-30-27-24-20-17-14-11-8-5-2)54-48(53)41-38-35-32-29-25-21-18-15-12-9-6-3/h8,11,14,17,20,24,27,30,44-46,50-51H,4-7,9-10,12-13,15-16,18-19,21-23,25-26,28-29,31-43H2,1-3H3,(H,49,52)/b11-8+,17-14+,24-20-,30-27-. The van der Waals surface area contributed by atoms with Gasteiger partial charge in [0.15, 0.2) is 0 Å². The van der Waals surface area contributed by atoms with Crippen molar-refractivity contribution in [3.8, 4) is 0 Å². The van der Waals surface area contributed by atoms with Crippen molar-refractivity contribution in [3.05, 3.63) is 48.6 Å². The number of unbranched alkanes of at least 4 members (excludes halogenated alkanes) is 23. The van der Waals surface area contributed by atoms with Crippen molar-refractivity contribution in [1.29, 1.82) is 0 Å². The normalized spacial score (nSPS) is 13.8. The van der Waals surface area contributed by atoms with Gasteiger partial charge in [-0.05, 0) is 38.5 Å². The highest BCUT2D eigenvalue weighted by Gasteiger charge is 2.24. The van der Waals surface area contributed by atoms with Crippen LogP contribution in [0.2, 0.25) is 0 Å². The van der Waals surface area contributed by atoms with E-state index in [0.717, 1.165) is 57.8 Å². The van der Waals surface area contributed by atoms with Gasteiger partial charge in [-0.15, -0.1) is 0 Å². The highest BCUT2D eigenvalue weighted by molar-refractivity contribution is 5.77. The molecule has 0 saturated heterocycles. The molecule has 0 aliphatic heterocycles. The Morgan fingerprint density at radius 3 is 1.48 bits per heavy atom. The number of hydrogen-bond donors (Lipinski definition) is 3. The molecule has 0 bridgehead atoms. The summed E-state index contributed by atoms with van der Waals surface area (Å²) in [6, 6.07) is -0.719. The fourth-order valence-corrected chi connectivity index (χ4v) is 6.80. The summed E-state index contributed by atoms with van der Waals surface area (Å²) < 4.78 is 5.86. The maximum Gasteiger partial charge on any atom is 0.306 e. The second kappa shape index (κ2) is 42.0. The molecule has 0 aromatic heterocycles. The zero-order chi connectivity index (χ0) is 39.6. The van der Waals surface area contributed by atoms with E-state index >= 15 is 0 Å². The van der Waals surface area contributed by atoms with E-state index in [4.69, 9.17) is 4.74 Å². The lowest BCUT2D eigenvalue weighted by atomic mass is 10.0. The minimum atomic E-state index is -0.801. The highest BCUT2D eigenvalue weighted by Crippen LogP contribution is 2.17. The number of allylic oxidation sites excluding steroid dienone is 8. The second-order valence-corrected chi connectivity index (χ2v) is 15.5. The number of amides is 1. The van der Waals surface area contributed by atoms with E-state index in [1.165, 1.54) is 116 Å². The summed E-state index contributed by atoms with van der Waals surface area (Å²) in [5.41, 5.74) is 0. The molecule has 6 heteroatoms. The number of rotatable bonds is 40. The van der Waals surface area contributed by atoms with Crippen molar-refractivity contribution >= 4 is 11.9 Å². The van der Waals surface area contributed by atoms with Crippen LogP contribution in [0.25, 0.3) is 0 Å². The number of ether oxygens (including phenoxy) is 1. The van der Waals surface area contributed by atoms with Gasteiger partial charge in [-0.25, -0.2) is 0 Å². The summed E-state index contributed by atoms with van der Waals surface area (Å²) in [6.07, 6.45) is 48.9. The van der Waals surface area contributed by atoms with Gasteiger partial charge in [0.05, 0.1) is 25.2 Å². The summed E-state index contributed by atoms with van der Waals surface area (Å²) >= 11 is 0.